The van der Waals surface area contributed by atoms with Gasteiger partial charge in [-0.05, 0) is 65.7 Å². The van der Waals surface area contributed by atoms with E-state index < -0.39 is 30.1 Å². The van der Waals surface area contributed by atoms with Gasteiger partial charge < -0.3 is 25.5 Å². The van der Waals surface area contributed by atoms with E-state index in [4.69, 9.17) is 11.6 Å². The molecule has 2 bridgehead atoms. The number of carbonyl (C=O) groups is 3. The van der Waals surface area contributed by atoms with E-state index in [0.29, 0.717) is 58.3 Å². The molecule has 0 fully saturated rings. The molecule has 0 spiro atoms. The number of anilines is 2. The second-order valence-corrected chi connectivity index (χ2v) is 10.4. The molecule has 2 aromatic carbocycles. The van der Waals surface area contributed by atoms with E-state index in [1.807, 2.05) is 0 Å². The van der Waals surface area contributed by atoms with Crippen LogP contribution in [0.4, 0.5) is 16.2 Å². The maximum Gasteiger partial charge on any atom is 0.411 e. The standard InChI is InChI=1S/C29H27ClN10O5/c1-45-29(44)33-18-8-9-19-22(13-18)34-21(28(42)43)5-3-2-4-20(27-36-23(14-31)26(19)37-27)35-25(41)11-6-16-12-17(30)7-10-24(16)40-15-32-38-39-40/h6-13,15,20-21,34H,2-5H2,1H3,(H,33,44)(H,35,41)(H,36,37)(H,42,43)/b11-6+/t20-,21+/m0/s1. The number of hydrogen-bond acceptors (Lipinski definition) is 10. The van der Waals surface area contributed by atoms with Crippen LogP contribution in [0, 0.1) is 11.3 Å². The number of H-pyrrole nitrogens is 1. The molecule has 15 nitrogen and oxygen atoms in total. The predicted molar refractivity (Wildman–Crippen MR) is 162 cm³/mol. The molecule has 0 radical (unpaired) electrons. The first kappa shape index (κ1) is 30.7. The molecule has 0 aliphatic carbocycles. The third kappa shape index (κ3) is 7.25. The first-order valence-corrected chi connectivity index (χ1v) is 14.1. The number of methoxy groups -OCH3 is 1. The van der Waals surface area contributed by atoms with Crippen molar-refractivity contribution in [1.29, 1.82) is 5.26 Å². The van der Waals surface area contributed by atoms with Gasteiger partial charge in [-0.1, -0.05) is 24.4 Å². The Labute approximate surface area is 261 Å². The Morgan fingerprint density at radius 1 is 1.20 bits per heavy atom. The summed E-state index contributed by atoms with van der Waals surface area (Å²) in [6.45, 7) is 0. The van der Waals surface area contributed by atoms with Crippen LogP contribution in [0.1, 0.15) is 48.8 Å². The van der Waals surface area contributed by atoms with E-state index in [1.54, 1.807) is 42.5 Å². The number of imidazole rings is 1. The number of carboxylic acid groups (broad SMARTS) is 1. The van der Waals surface area contributed by atoms with Crippen molar-refractivity contribution in [1.82, 2.24) is 35.5 Å². The number of rotatable bonds is 6. The highest BCUT2D eigenvalue weighted by Crippen LogP contribution is 2.35. The molecule has 0 unspecified atom stereocenters. The highest BCUT2D eigenvalue weighted by molar-refractivity contribution is 6.30. The number of halogens is 1. The predicted octanol–water partition coefficient (Wildman–Crippen LogP) is 4.07. The molecule has 16 heteroatoms. The van der Waals surface area contributed by atoms with Gasteiger partial charge >= 0.3 is 12.1 Å². The Bertz CT molecular complexity index is 1800. The second kappa shape index (κ2) is 13.7. The molecule has 230 valence electrons. The normalized spacial score (nSPS) is 16.3. The van der Waals surface area contributed by atoms with Gasteiger partial charge in [-0.2, -0.15) is 9.94 Å². The summed E-state index contributed by atoms with van der Waals surface area (Å²) in [6, 6.07) is 10.3. The van der Waals surface area contributed by atoms with Crippen molar-refractivity contribution in [2.75, 3.05) is 17.7 Å². The Morgan fingerprint density at radius 2 is 2.02 bits per heavy atom. The summed E-state index contributed by atoms with van der Waals surface area (Å²) in [5.74, 6) is -1.14. The quantitative estimate of drug-likeness (QED) is 0.191. The molecule has 2 aromatic heterocycles. The lowest BCUT2D eigenvalue weighted by atomic mass is 10.0. The van der Waals surface area contributed by atoms with E-state index in [2.05, 4.69) is 52.2 Å². The zero-order valence-electron chi connectivity index (χ0n) is 23.8. The molecule has 4 aromatic rings. The minimum Gasteiger partial charge on any atom is -0.480 e. The summed E-state index contributed by atoms with van der Waals surface area (Å²) >= 11 is 6.19. The molecule has 0 saturated carbocycles. The molecule has 1 aliphatic heterocycles. The molecule has 1 aliphatic rings. The maximum absolute atomic E-state index is 13.2. The summed E-state index contributed by atoms with van der Waals surface area (Å²) in [5.41, 5.74) is 2.70. The number of fused-ring (bicyclic) bond motifs is 4. The lowest BCUT2D eigenvalue weighted by Crippen LogP contribution is -2.30. The fourth-order valence-corrected chi connectivity index (χ4v) is 5.07. The van der Waals surface area contributed by atoms with Crippen LogP contribution < -0.4 is 16.0 Å². The van der Waals surface area contributed by atoms with Gasteiger partial charge in [0.2, 0.25) is 5.91 Å². The van der Waals surface area contributed by atoms with Crippen molar-refractivity contribution in [3.05, 3.63) is 70.9 Å². The number of hydrogen-bond donors (Lipinski definition) is 5. The molecule has 45 heavy (non-hydrogen) atoms. The number of nitrogens with one attached hydrogen (secondary N) is 4. The SMILES string of the molecule is COC(=O)Nc1ccc2c(c1)N[C@@H](C(=O)O)CCCC[C@H](NC(=O)/C=C/c1cc(Cl)ccc1-n1cnnn1)c1nc-2c(C#N)[nH]1. The number of nitriles is 1. The van der Waals surface area contributed by atoms with Gasteiger partial charge in [0.05, 0.1) is 18.8 Å². The maximum atomic E-state index is 13.2. The average molecular weight is 631 g/mol. The molecule has 5 N–H and O–H groups in total. The zero-order valence-corrected chi connectivity index (χ0v) is 24.6. The van der Waals surface area contributed by atoms with Crippen LogP contribution in [-0.4, -0.2) is 66.4 Å². The number of amides is 2. The number of tetrazole rings is 1. The minimum absolute atomic E-state index is 0.118. The number of carboxylic acids is 1. The number of ether oxygens (including phenoxy) is 1. The minimum atomic E-state index is -1.07. The lowest BCUT2D eigenvalue weighted by molar-refractivity contribution is -0.138. The largest absolute Gasteiger partial charge is 0.480 e. The number of benzene rings is 2. The van der Waals surface area contributed by atoms with Crippen LogP contribution in [0.3, 0.4) is 0 Å². The van der Waals surface area contributed by atoms with Gasteiger partial charge in [0.25, 0.3) is 0 Å². The van der Waals surface area contributed by atoms with Gasteiger partial charge in [0, 0.05) is 33.6 Å². The molecule has 2 atom stereocenters. The Morgan fingerprint density at radius 3 is 2.76 bits per heavy atom. The first-order valence-electron chi connectivity index (χ1n) is 13.8. The summed E-state index contributed by atoms with van der Waals surface area (Å²) in [4.78, 5) is 44.9. The van der Waals surface area contributed by atoms with Gasteiger partial charge in [-0.15, -0.1) is 5.10 Å². The summed E-state index contributed by atoms with van der Waals surface area (Å²) in [6.07, 6.45) is 5.42. The van der Waals surface area contributed by atoms with Crippen molar-refractivity contribution in [2.45, 2.75) is 37.8 Å². The van der Waals surface area contributed by atoms with Gasteiger partial charge in [0.15, 0.2) is 0 Å². The molecule has 5 rings (SSSR count). The van der Waals surface area contributed by atoms with Crippen molar-refractivity contribution < 1.29 is 24.2 Å². The van der Waals surface area contributed by atoms with Crippen LogP contribution in [0.2, 0.25) is 5.02 Å². The number of aromatic nitrogens is 6. The lowest BCUT2D eigenvalue weighted by Gasteiger charge is -2.21. The summed E-state index contributed by atoms with van der Waals surface area (Å²) in [7, 11) is 1.22. The summed E-state index contributed by atoms with van der Waals surface area (Å²) in [5, 5.41) is 40.1. The van der Waals surface area contributed by atoms with Gasteiger partial charge in [-0.25, -0.2) is 14.6 Å². The van der Waals surface area contributed by atoms with E-state index >= 15 is 0 Å². The number of aromatic amines is 1. The van der Waals surface area contributed by atoms with Crippen molar-refractivity contribution in [3.63, 3.8) is 0 Å². The molecular weight excluding hydrogens is 604 g/mol. The third-order valence-corrected chi connectivity index (χ3v) is 7.29. The average Bonchev–Trinajstić information content (AvgIpc) is 3.71. The fraction of sp³-hybridized carbons (Fsp3) is 0.241. The fourth-order valence-electron chi connectivity index (χ4n) is 4.89. The molecule has 0 saturated heterocycles. The molecular formula is C29H27ClN10O5. The zero-order chi connectivity index (χ0) is 31.9. The van der Waals surface area contributed by atoms with Crippen molar-refractivity contribution >= 4 is 47.0 Å². The van der Waals surface area contributed by atoms with Gasteiger partial charge in [0.1, 0.15) is 35.7 Å². The van der Waals surface area contributed by atoms with Crippen LogP contribution in [0.5, 0.6) is 0 Å². The number of carbonyl (C=O) groups excluding carboxylic acids is 2. The Hall–Kier alpha value is -5.75. The number of aliphatic carboxylic acids is 1. The van der Waals surface area contributed by atoms with E-state index in [9.17, 15) is 24.8 Å². The highest BCUT2D eigenvalue weighted by Gasteiger charge is 2.26. The summed E-state index contributed by atoms with van der Waals surface area (Å²) < 4.78 is 6.11. The third-order valence-electron chi connectivity index (χ3n) is 7.05. The van der Waals surface area contributed by atoms with E-state index in [1.165, 1.54) is 24.2 Å². The van der Waals surface area contributed by atoms with Gasteiger partial charge in [-0.3, -0.25) is 10.1 Å². The van der Waals surface area contributed by atoms with E-state index in [-0.39, 0.29) is 17.8 Å². The first-order chi connectivity index (χ1) is 21.7. The second-order valence-electron chi connectivity index (χ2n) is 10.0. The molecule has 3 heterocycles. The van der Waals surface area contributed by atoms with Crippen molar-refractivity contribution in [3.8, 4) is 23.0 Å². The topological polar surface area (TPSA) is 213 Å². The highest BCUT2D eigenvalue weighted by atomic mass is 35.5. The van der Waals surface area contributed by atoms with E-state index in [0.717, 1.165) is 0 Å². The van der Waals surface area contributed by atoms with Crippen LogP contribution in [-0.2, 0) is 14.3 Å². The Balaban J connectivity index is 1.47. The van der Waals surface area contributed by atoms with Crippen LogP contribution >= 0.6 is 11.6 Å². The number of nitrogens with zero attached hydrogens (tertiary/aromatic N) is 6. The van der Waals surface area contributed by atoms with Crippen molar-refractivity contribution in [2.24, 2.45) is 0 Å². The Kier molecular flexibility index (Phi) is 9.34. The smallest absolute Gasteiger partial charge is 0.411 e. The van der Waals surface area contributed by atoms with Crippen LogP contribution in [0.25, 0.3) is 23.0 Å². The monoisotopic (exact) mass is 630 g/mol. The van der Waals surface area contributed by atoms with Crippen LogP contribution in [0.15, 0.2) is 48.8 Å². The molecule has 2 amide bonds.